The van der Waals surface area contributed by atoms with Gasteiger partial charge in [-0.2, -0.15) is 4.98 Å². The molecule has 2 aromatic carbocycles. The average molecular weight is 561 g/mol. The Bertz CT molecular complexity index is 1680. The number of rotatable bonds is 7. The van der Waals surface area contributed by atoms with Crippen LogP contribution in [0.5, 0.6) is 0 Å². The van der Waals surface area contributed by atoms with Gasteiger partial charge < -0.3 is 20.1 Å². The second-order valence-corrected chi connectivity index (χ2v) is 9.69. The quantitative estimate of drug-likeness (QED) is 0.185. The molecule has 3 amide bonds. The van der Waals surface area contributed by atoms with Gasteiger partial charge in [-0.1, -0.05) is 42.5 Å². The van der Waals surface area contributed by atoms with Crippen LogP contribution in [0.2, 0.25) is 0 Å². The Labute approximate surface area is 230 Å². The molecule has 1 saturated heterocycles. The molecule has 2 aliphatic rings. The van der Waals surface area contributed by atoms with Gasteiger partial charge in [-0.05, 0) is 17.7 Å². The summed E-state index contributed by atoms with van der Waals surface area (Å²) in [6.07, 6.45) is -4.00. The maximum Gasteiger partial charge on any atom is 0.280 e. The van der Waals surface area contributed by atoms with Crippen LogP contribution in [0.25, 0.3) is 11.2 Å². The lowest BCUT2D eigenvalue weighted by Gasteiger charge is -2.25. The van der Waals surface area contributed by atoms with Gasteiger partial charge in [-0.3, -0.25) is 38.9 Å². The van der Waals surface area contributed by atoms with Crippen molar-refractivity contribution in [3.05, 3.63) is 88.0 Å². The monoisotopic (exact) mass is 560 g/mol. The van der Waals surface area contributed by atoms with Crippen LogP contribution in [0.3, 0.4) is 0 Å². The van der Waals surface area contributed by atoms with Crippen molar-refractivity contribution in [2.45, 2.75) is 37.0 Å². The number of aromatic amines is 1. The van der Waals surface area contributed by atoms with Crippen molar-refractivity contribution >= 4 is 34.8 Å². The third-order valence-corrected chi connectivity index (χ3v) is 7.18. The predicted octanol–water partition coefficient (Wildman–Crippen LogP) is -0.423. The molecule has 4 aromatic rings. The first-order chi connectivity index (χ1) is 19.8. The van der Waals surface area contributed by atoms with E-state index in [2.05, 4.69) is 20.3 Å². The number of aliphatic hydroxyl groups excluding tert-OH is 3. The fraction of sp³-hybridized carbons (Fsp3) is 0.259. The topological polar surface area (TPSA) is 200 Å². The molecule has 2 aromatic heterocycles. The van der Waals surface area contributed by atoms with Crippen molar-refractivity contribution in [1.29, 1.82) is 0 Å². The van der Waals surface area contributed by atoms with Gasteiger partial charge >= 0.3 is 0 Å². The molecule has 4 heterocycles. The van der Waals surface area contributed by atoms with E-state index in [0.717, 1.165) is 4.90 Å². The molecule has 210 valence electrons. The van der Waals surface area contributed by atoms with Crippen LogP contribution in [-0.4, -0.2) is 88.4 Å². The Morgan fingerprint density at radius 3 is 2.29 bits per heavy atom. The minimum Gasteiger partial charge on any atom is -0.394 e. The Kier molecular flexibility index (Phi) is 6.67. The number of imidazole rings is 1. The molecule has 41 heavy (non-hydrogen) atoms. The third kappa shape index (κ3) is 4.48. The summed E-state index contributed by atoms with van der Waals surface area (Å²) in [5, 5.41) is 32.5. The summed E-state index contributed by atoms with van der Waals surface area (Å²) in [5.74, 6) is -2.34. The average Bonchev–Trinajstić information content (AvgIpc) is 3.60. The minimum atomic E-state index is -1.47. The number of aliphatic hydroxyl groups is 3. The highest BCUT2D eigenvalue weighted by atomic mass is 16.6. The van der Waals surface area contributed by atoms with Gasteiger partial charge in [0.05, 0.1) is 24.1 Å². The highest BCUT2D eigenvalue weighted by Gasteiger charge is 2.45. The number of nitrogens with zero attached hydrogens (tertiary/aromatic N) is 4. The maximum atomic E-state index is 13.7. The molecule has 14 heteroatoms. The van der Waals surface area contributed by atoms with E-state index in [1.807, 2.05) is 0 Å². The van der Waals surface area contributed by atoms with Crippen LogP contribution in [-0.2, 0) is 16.0 Å². The van der Waals surface area contributed by atoms with Crippen molar-refractivity contribution < 1.29 is 34.4 Å². The number of nitrogens with one attached hydrogen (secondary N) is 2. The molecule has 6 rings (SSSR count). The number of aromatic nitrogens is 4. The van der Waals surface area contributed by atoms with E-state index >= 15 is 0 Å². The van der Waals surface area contributed by atoms with Crippen molar-refractivity contribution in [2.75, 3.05) is 11.9 Å². The van der Waals surface area contributed by atoms with Crippen molar-refractivity contribution in [3.63, 3.8) is 0 Å². The van der Waals surface area contributed by atoms with Gasteiger partial charge in [0.25, 0.3) is 17.4 Å². The van der Waals surface area contributed by atoms with Crippen LogP contribution < -0.4 is 10.9 Å². The summed E-state index contributed by atoms with van der Waals surface area (Å²) >= 11 is 0. The lowest BCUT2D eigenvalue weighted by Crippen LogP contribution is -2.48. The van der Waals surface area contributed by atoms with E-state index in [4.69, 9.17) is 4.74 Å². The normalized spacial score (nSPS) is 22.8. The molecular formula is C27H24N6O8. The number of hydrogen-bond acceptors (Lipinski definition) is 10. The second kappa shape index (κ2) is 10.3. The zero-order valence-electron chi connectivity index (χ0n) is 21.2. The SMILES string of the molecule is O=C(Nc1nc2c(ncn2[C@H]2O[C@@H](CO)[C@@H](O)[C@H]2O)c(=O)[nH]1)[C@H](Cc1ccccc1)N1C(=O)c2ccccc2C1=O. The largest absolute Gasteiger partial charge is 0.394 e. The Morgan fingerprint density at radius 1 is 1.00 bits per heavy atom. The summed E-state index contributed by atoms with van der Waals surface area (Å²) in [4.78, 5) is 64.6. The number of amides is 3. The molecule has 2 aliphatic heterocycles. The van der Waals surface area contributed by atoms with Gasteiger partial charge in [-0.15, -0.1) is 0 Å². The maximum absolute atomic E-state index is 13.7. The van der Waals surface area contributed by atoms with Crippen LogP contribution in [0.4, 0.5) is 5.95 Å². The summed E-state index contributed by atoms with van der Waals surface area (Å²) in [7, 11) is 0. The summed E-state index contributed by atoms with van der Waals surface area (Å²) in [6, 6.07) is 13.8. The highest BCUT2D eigenvalue weighted by molar-refractivity contribution is 6.23. The fourth-order valence-electron chi connectivity index (χ4n) is 5.11. The smallest absolute Gasteiger partial charge is 0.280 e. The molecule has 0 bridgehead atoms. The van der Waals surface area contributed by atoms with Gasteiger partial charge in [0, 0.05) is 6.42 Å². The fourth-order valence-corrected chi connectivity index (χ4v) is 5.11. The Morgan fingerprint density at radius 2 is 1.66 bits per heavy atom. The number of carbonyl (C=O) groups is 3. The number of ether oxygens (including phenoxy) is 1. The number of fused-ring (bicyclic) bond motifs is 2. The Balaban J connectivity index is 1.34. The number of benzene rings is 2. The summed E-state index contributed by atoms with van der Waals surface area (Å²) in [6.45, 7) is -0.558. The zero-order chi connectivity index (χ0) is 28.8. The summed E-state index contributed by atoms with van der Waals surface area (Å²) < 4.78 is 6.73. The van der Waals surface area contributed by atoms with Gasteiger partial charge in [0.15, 0.2) is 17.4 Å². The number of anilines is 1. The van der Waals surface area contributed by atoms with Crippen molar-refractivity contribution in [3.8, 4) is 0 Å². The predicted molar refractivity (Wildman–Crippen MR) is 141 cm³/mol. The number of hydrogen-bond donors (Lipinski definition) is 5. The Hall–Kier alpha value is -4.76. The molecule has 0 spiro atoms. The van der Waals surface area contributed by atoms with Crippen LogP contribution in [0.1, 0.15) is 32.5 Å². The van der Waals surface area contributed by atoms with E-state index in [0.29, 0.717) is 5.56 Å². The molecule has 0 unspecified atom stereocenters. The molecule has 0 saturated carbocycles. The zero-order valence-corrected chi connectivity index (χ0v) is 21.2. The number of H-pyrrole nitrogens is 1. The van der Waals surface area contributed by atoms with E-state index in [1.165, 1.54) is 23.0 Å². The van der Waals surface area contributed by atoms with E-state index in [1.54, 1.807) is 42.5 Å². The lowest BCUT2D eigenvalue weighted by molar-refractivity contribution is -0.120. The summed E-state index contributed by atoms with van der Waals surface area (Å²) in [5.41, 5.74) is 0.0956. The highest BCUT2D eigenvalue weighted by Crippen LogP contribution is 2.31. The lowest BCUT2D eigenvalue weighted by atomic mass is 10.0. The van der Waals surface area contributed by atoms with E-state index in [9.17, 15) is 34.5 Å². The number of imide groups is 1. The second-order valence-electron chi connectivity index (χ2n) is 9.69. The van der Waals surface area contributed by atoms with Crippen LogP contribution in [0, 0.1) is 0 Å². The molecular weight excluding hydrogens is 536 g/mol. The van der Waals surface area contributed by atoms with E-state index < -0.39 is 60.5 Å². The third-order valence-electron chi connectivity index (χ3n) is 7.18. The molecule has 5 N–H and O–H groups in total. The molecule has 1 fully saturated rings. The van der Waals surface area contributed by atoms with Crippen LogP contribution >= 0.6 is 0 Å². The van der Waals surface area contributed by atoms with Crippen LogP contribution in [0.15, 0.2) is 65.7 Å². The molecule has 5 atom stereocenters. The van der Waals surface area contributed by atoms with Gasteiger partial charge in [0.2, 0.25) is 11.9 Å². The van der Waals surface area contributed by atoms with Crippen molar-refractivity contribution in [2.24, 2.45) is 0 Å². The first kappa shape index (κ1) is 26.5. The van der Waals surface area contributed by atoms with Gasteiger partial charge in [0.1, 0.15) is 24.4 Å². The molecule has 14 nitrogen and oxygen atoms in total. The number of carbonyl (C=O) groups excluding carboxylic acids is 3. The first-order valence-corrected chi connectivity index (χ1v) is 12.7. The minimum absolute atomic E-state index is 0.00884. The standard InChI is InChI=1S/C27H24N6O8/c34-11-17-19(35)20(36)26(41-17)32-12-28-18-21(32)29-27(31-23(18)38)30-22(37)16(10-13-6-2-1-3-7-13)33-24(39)14-8-4-5-9-15(14)25(33)40/h1-9,12,16-17,19-20,26,34-36H,10-11H2,(H2,29,30,31,37,38)/t16-,17-,19+,20+,26-/m0/s1. The van der Waals surface area contributed by atoms with Gasteiger partial charge in [-0.25, -0.2) is 4.98 Å². The van der Waals surface area contributed by atoms with E-state index in [-0.39, 0.29) is 34.7 Å². The molecule has 0 aliphatic carbocycles. The molecule has 0 radical (unpaired) electrons. The first-order valence-electron chi connectivity index (χ1n) is 12.7. The van der Waals surface area contributed by atoms with Crippen molar-refractivity contribution in [1.82, 2.24) is 24.4 Å².